The Morgan fingerprint density at radius 3 is 2.60 bits per heavy atom. The van der Waals surface area contributed by atoms with Crippen molar-refractivity contribution in [1.82, 2.24) is 19.5 Å². The summed E-state index contributed by atoms with van der Waals surface area (Å²) in [5, 5.41) is 0. The first-order valence-electron chi connectivity index (χ1n) is 6.53. The van der Waals surface area contributed by atoms with E-state index in [1.165, 1.54) is 0 Å². The second-order valence-corrected chi connectivity index (χ2v) is 5.75. The molecule has 0 aliphatic rings. The lowest BCUT2D eigenvalue weighted by molar-refractivity contribution is 0.412. The summed E-state index contributed by atoms with van der Waals surface area (Å²) in [5.74, 6) is 1.31. The maximum absolute atomic E-state index is 5.79. The molecule has 5 heteroatoms. The van der Waals surface area contributed by atoms with Gasteiger partial charge >= 0.3 is 0 Å². The smallest absolute Gasteiger partial charge is 0.160 e. The minimum atomic E-state index is -0.113. The average Bonchev–Trinajstić information content (AvgIpc) is 2.77. The van der Waals surface area contributed by atoms with Crippen LogP contribution in [-0.2, 0) is 5.54 Å². The Kier molecular flexibility index (Phi) is 2.71. The normalized spacial score (nSPS) is 11.9. The molecule has 5 nitrogen and oxygen atoms in total. The van der Waals surface area contributed by atoms with E-state index >= 15 is 0 Å². The van der Waals surface area contributed by atoms with Crippen molar-refractivity contribution >= 4 is 16.9 Å². The van der Waals surface area contributed by atoms with Crippen molar-refractivity contribution in [3.05, 3.63) is 36.7 Å². The standard InChI is InChI=1S/C15H17N5/c1-15(2,3)20-12-7-8-17-9-11(12)19-14(20)10-5-4-6-13(16)18-10/h4-9H,1-3H3,(H2,16,18). The number of aromatic nitrogens is 4. The van der Waals surface area contributed by atoms with Crippen molar-refractivity contribution < 1.29 is 0 Å². The average molecular weight is 267 g/mol. The SMILES string of the molecule is CC(C)(C)n1c(-c2cccc(N)n2)nc2cnccc21. The summed E-state index contributed by atoms with van der Waals surface area (Å²) in [5.41, 5.74) is 8.36. The number of fused-ring (bicyclic) bond motifs is 1. The highest BCUT2D eigenvalue weighted by Gasteiger charge is 2.23. The van der Waals surface area contributed by atoms with Crippen LogP contribution in [-0.4, -0.2) is 19.5 Å². The largest absolute Gasteiger partial charge is 0.384 e. The van der Waals surface area contributed by atoms with Gasteiger partial charge in [0.1, 0.15) is 17.0 Å². The van der Waals surface area contributed by atoms with Crippen molar-refractivity contribution in [1.29, 1.82) is 0 Å². The first kappa shape index (κ1) is 12.6. The zero-order chi connectivity index (χ0) is 14.3. The molecule has 0 aromatic carbocycles. The van der Waals surface area contributed by atoms with Crippen molar-refractivity contribution in [3.8, 4) is 11.5 Å². The van der Waals surface area contributed by atoms with Crippen LogP contribution >= 0.6 is 0 Å². The van der Waals surface area contributed by atoms with Crippen molar-refractivity contribution in [2.45, 2.75) is 26.3 Å². The van der Waals surface area contributed by atoms with Crippen LogP contribution in [0.3, 0.4) is 0 Å². The zero-order valence-corrected chi connectivity index (χ0v) is 11.8. The van der Waals surface area contributed by atoms with E-state index < -0.39 is 0 Å². The summed E-state index contributed by atoms with van der Waals surface area (Å²) in [6, 6.07) is 7.56. The van der Waals surface area contributed by atoms with E-state index in [2.05, 4.69) is 40.3 Å². The number of nitrogen functional groups attached to an aromatic ring is 1. The molecule has 102 valence electrons. The van der Waals surface area contributed by atoms with Crippen LogP contribution in [0.2, 0.25) is 0 Å². The zero-order valence-electron chi connectivity index (χ0n) is 11.8. The van der Waals surface area contributed by atoms with Crippen LogP contribution < -0.4 is 5.73 Å². The van der Waals surface area contributed by atoms with E-state index in [-0.39, 0.29) is 5.54 Å². The summed E-state index contributed by atoms with van der Waals surface area (Å²) in [6.07, 6.45) is 3.55. The number of hydrogen-bond donors (Lipinski definition) is 1. The molecule has 20 heavy (non-hydrogen) atoms. The summed E-state index contributed by atoms with van der Waals surface area (Å²) >= 11 is 0. The van der Waals surface area contributed by atoms with Crippen LogP contribution in [0, 0.1) is 0 Å². The highest BCUT2D eigenvalue weighted by atomic mass is 15.1. The Hall–Kier alpha value is -2.43. The number of hydrogen-bond acceptors (Lipinski definition) is 4. The molecule has 0 aliphatic heterocycles. The van der Waals surface area contributed by atoms with Gasteiger partial charge < -0.3 is 10.3 Å². The summed E-state index contributed by atoms with van der Waals surface area (Å²) in [6.45, 7) is 6.43. The van der Waals surface area contributed by atoms with E-state index in [0.29, 0.717) is 5.82 Å². The van der Waals surface area contributed by atoms with Crippen LogP contribution in [0.15, 0.2) is 36.7 Å². The van der Waals surface area contributed by atoms with Gasteiger partial charge in [0, 0.05) is 11.7 Å². The Morgan fingerprint density at radius 2 is 1.90 bits per heavy atom. The van der Waals surface area contributed by atoms with E-state index in [1.54, 1.807) is 18.5 Å². The highest BCUT2D eigenvalue weighted by molar-refractivity contribution is 5.79. The number of pyridine rings is 2. The lowest BCUT2D eigenvalue weighted by Gasteiger charge is -2.24. The monoisotopic (exact) mass is 267 g/mol. The van der Waals surface area contributed by atoms with Crippen LogP contribution in [0.4, 0.5) is 5.82 Å². The topological polar surface area (TPSA) is 69.6 Å². The van der Waals surface area contributed by atoms with Gasteiger partial charge in [-0.25, -0.2) is 9.97 Å². The molecule has 0 radical (unpaired) electrons. The third-order valence-electron chi connectivity index (χ3n) is 3.13. The molecule has 0 aliphatic carbocycles. The predicted octanol–water partition coefficient (Wildman–Crippen LogP) is 2.83. The fourth-order valence-corrected chi connectivity index (χ4v) is 2.36. The van der Waals surface area contributed by atoms with Gasteiger partial charge in [0.15, 0.2) is 5.82 Å². The molecular weight excluding hydrogens is 250 g/mol. The third-order valence-corrected chi connectivity index (χ3v) is 3.13. The summed E-state index contributed by atoms with van der Waals surface area (Å²) < 4.78 is 2.17. The number of rotatable bonds is 1. The van der Waals surface area contributed by atoms with Crippen LogP contribution in [0.1, 0.15) is 20.8 Å². The van der Waals surface area contributed by atoms with Gasteiger partial charge in [0.2, 0.25) is 0 Å². The van der Waals surface area contributed by atoms with Crippen molar-refractivity contribution in [2.24, 2.45) is 0 Å². The maximum Gasteiger partial charge on any atom is 0.160 e. The van der Waals surface area contributed by atoms with E-state index in [0.717, 1.165) is 22.6 Å². The molecule has 2 N–H and O–H groups in total. The lowest BCUT2D eigenvalue weighted by atomic mass is 10.1. The first-order chi connectivity index (χ1) is 9.47. The molecule has 3 heterocycles. The fraction of sp³-hybridized carbons (Fsp3) is 0.267. The maximum atomic E-state index is 5.79. The lowest BCUT2D eigenvalue weighted by Crippen LogP contribution is -2.22. The number of imidazole rings is 1. The molecule has 0 bridgehead atoms. The van der Waals surface area contributed by atoms with Gasteiger partial charge in [-0.3, -0.25) is 4.98 Å². The number of nitrogens with zero attached hydrogens (tertiary/aromatic N) is 4. The van der Waals surface area contributed by atoms with Gasteiger partial charge in [-0.15, -0.1) is 0 Å². The first-order valence-corrected chi connectivity index (χ1v) is 6.53. The molecule has 3 rings (SSSR count). The second-order valence-electron chi connectivity index (χ2n) is 5.75. The van der Waals surface area contributed by atoms with Gasteiger partial charge in [-0.2, -0.15) is 0 Å². The number of nitrogens with two attached hydrogens (primary N) is 1. The van der Waals surface area contributed by atoms with Crippen molar-refractivity contribution in [3.63, 3.8) is 0 Å². The Bertz CT molecular complexity index is 767. The molecular formula is C15H17N5. The molecule has 0 fully saturated rings. The molecule has 0 spiro atoms. The highest BCUT2D eigenvalue weighted by Crippen LogP contribution is 2.30. The Morgan fingerprint density at radius 1 is 1.10 bits per heavy atom. The van der Waals surface area contributed by atoms with Gasteiger partial charge in [0.25, 0.3) is 0 Å². The fourth-order valence-electron chi connectivity index (χ4n) is 2.36. The van der Waals surface area contributed by atoms with Gasteiger partial charge in [0.05, 0.1) is 11.7 Å². The second kappa shape index (κ2) is 4.30. The Balaban J connectivity index is 2.35. The van der Waals surface area contributed by atoms with Crippen LogP contribution in [0.5, 0.6) is 0 Å². The molecule has 3 aromatic rings. The predicted molar refractivity (Wildman–Crippen MR) is 80.2 cm³/mol. The van der Waals surface area contributed by atoms with E-state index in [4.69, 9.17) is 5.73 Å². The molecule has 0 amide bonds. The van der Waals surface area contributed by atoms with Gasteiger partial charge in [-0.05, 0) is 39.0 Å². The molecule has 3 aromatic heterocycles. The molecule has 0 saturated heterocycles. The van der Waals surface area contributed by atoms with Crippen LogP contribution in [0.25, 0.3) is 22.6 Å². The molecule has 0 atom stereocenters. The molecule has 0 unspecified atom stereocenters. The minimum Gasteiger partial charge on any atom is -0.384 e. The van der Waals surface area contributed by atoms with E-state index in [1.807, 2.05) is 18.2 Å². The number of anilines is 1. The Labute approximate surface area is 117 Å². The van der Waals surface area contributed by atoms with Gasteiger partial charge in [-0.1, -0.05) is 6.07 Å². The summed E-state index contributed by atoms with van der Waals surface area (Å²) in [4.78, 5) is 13.2. The quantitative estimate of drug-likeness (QED) is 0.736. The van der Waals surface area contributed by atoms with Crippen molar-refractivity contribution in [2.75, 3.05) is 5.73 Å². The van der Waals surface area contributed by atoms with E-state index in [9.17, 15) is 0 Å². The summed E-state index contributed by atoms with van der Waals surface area (Å²) in [7, 11) is 0. The molecule has 0 saturated carbocycles. The third kappa shape index (κ3) is 2.01. The minimum absolute atomic E-state index is 0.113.